The van der Waals surface area contributed by atoms with Gasteiger partial charge in [-0.1, -0.05) is 0 Å². The highest BCUT2D eigenvalue weighted by Crippen LogP contribution is 2.24. The van der Waals surface area contributed by atoms with Gasteiger partial charge >= 0.3 is 5.97 Å². The van der Waals surface area contributed by atoms with Gasteiger partial charge in [-0.3, -0.25) is 0 Å². The zero-order chi connectivity index (χ0) is 11.4. The third-order valence-electron chi connectivity index (χ3n) is 1.87. The molecule has 0 aliphatic carbocycles. The topological polar surface area (TPSA) is 66.8 Å². The minimum absolute atomic E-state index is 0.0649. The van der Waals surface area contributed by atoms with Gasteiger partial charge in [0.15, 0.2) is 0 Å². The van der Waals surface area contributed by atoms with Crippen LogP contribution in [0.4, 0.5) is 0 Å². The molecule has 0 aliphatic heterocycles. The summed E-state index contributed by atoms with van der Waals surface area (Å²) in [6.07, 6.45) is -2.11. The lowest BCUT2D eigenvalue weighted by Crippen LogP contribution is -2.19. The number of thiophene rings is 1. The van der Waals surface area contributed by atoms with Gasteiger partial charge in [0.25, 0.3) is 0 Å². The molecule has 2 atom stereocenters. The Labute approximate surface area is 96.1 Å². The maximum Gasteiger partial charge on any atom is 0.348 e. The van der Waals surface area contributed by atoms with E-state index in [9.17, 15) is 15.0 Å². The molecule has 1 rings (SSSR count). The summed E-state index contributed by atoms with van der Waals surface area (Å²) in [7, 11) is 1.28. The van der Waals surface area contributed by atoms with Gasteiger partial charge < -0.3 is 14.9 Å². The number of methoxy groups -OCH3 is 1. The van der Waals surface area contributed by atoms with Crippen LogP contribution in [0, 0.1) is 0 Å². The molecule has 0 saturated carbocycles. The van der Waals surface area contributed by atoms with Gasteiger partial charge in [-0.25, -0.2) is 4.79 Å². The number of rotatable bonds is 4. The number of hydrogen-bond acceptors (Lipinski definition) is 5. The van der Waals surface area contributed by atoms with Crippen molar-refractivity contribution < 1.29 is 19.7 Å². The number of carbonyl (C=O) groups is 1. The van der Waals surface area contributed by atoms with Crippen molar-refractivity contribution in [1.29, 1.82) is 0 Å². The lowest BCUT2D eigenvalue weighted by molar-refractivity contribution is 0.0329. The van der Waals surface area contributed by atoms with E-state index in [1.807, 2.05) is 0 Å². The van der Waals surface area contributed by atoms with Gasteiger partial charge in [0.05, 0.1) is 19.1 Å². The Hall–Kier alpha value is -0.620. The van der Waals surface area contributed by atoms with Crippen molar-refractivity contribution >= 4 is 28.9 Å². The molecule has 1 aromatic rings. The molecule has 0 saturated heterocycles. The highest BCUT2D eigenvalue weighted by Gasteiger charge is 2.20. The molecular formula is C9H11ClO4S. The Morgan fingerprint density at radius 2 is 2.33 bits per heavy atom. The summed E-state index contributed by atoms with van der Waals surface area (Å²) >= 11 is 6.54. The first-order chi connectivity index (χ1) is 7.10. The lowest BCUT2D eigenvalue weighted by Gasteiger charge is -2.13. The van der Waals surface area contributed by atoms with Crippen LogP contribution in [0.5, 0.6) is 0 Å². The molecule has 4 nitrogen and oxygen atoms in total. The Balaban J connectivity index is 2.79. The number of halogens is 1. The Morgan fingerprint density at radius 1 is 1.67 bits per heavy atom. The third-order valence-corrected chi connectivity index (χ3v) is 3.12. The van der Waals surface area contributed by atoms with Crippen LogP contribution < -0.4 is 0 Å². The van der Waals surface area contributed by atoms with E-state index in [-0.39, 0.29) is 5.88 Å². The number of hydrogen-bond donors (Lipinski definition) is 2. The van der Waals surface area contributed by atoms with E-state index in [0.717, 1.165) is 11.3 Å². The lowest BCUT2D eigenvalue weighted by atomic mass is 10.1. The first-order valence-corrected chi connectivity index (χ1v) is 5.60. The third kappa shape index (κ3) is 2.92. The van der Waals surface area contributed by atoms with Gasteiger partial charge in [0, 0.05) is 0 Å². The van der Waals surface area contributed by atoms with Crippen molar-refractivity contribution in [3.8, 4) is 0 Å². The summed E-state index contributed by atoms with van der Waals surface area (Å²) in [6.45, 7) is 0. The van der Waals surface area contributed by atoms with E-state index in [2.05, 4.69) is 4.74 Å². The van der Waals surface area contributed by atoms with Crippen molar-refractivity contribution in [1.82, 2.24) is 0 Å². The van der Waals surface area contributed by atoms with Crippen LogP contribution >= 0.6 is 22.9 Å². The van der Waals surface area contributed by atoms with Crippen molar-refractivity contribution in [2.24, 2.45) is 0 Å². The van der Waals surface area contributed by atoms with Gasteiger partial charge in [0.2, 0.25) is 0 Å². The first kappa shape index (κ1) is 12.4. The first-order valence-electron chi connectivity index (χ1n) is 4.19. The van der Waals surface area contributed by atoms with Crippen LogP contribution in [-0.4, -0.2) is 35.3 Å². The van der Waals surface area contributed by atoms with Gasteiger partial charge in [-0.05, 0) is 17.0 Å². The van der Waals surface area contributed by atoms with E-state index in [1.165, 1.54) is 13.2 Å². The monoisotopic (exact) mass is 250 g/mol. The van der Waals surface area contributed by atoms with Gasteiger partial charge in [-0.2, -0.15) is 0 Å². The zero-order valence-corrected chi connectivity index (χ0v) is 9.59. The molecule has 1 heterocycles. The molecule has 0 spiro atoms. The fourth-order valence-electron chi connectivity index (χ4n) is 1.02. The molecule has 0 amide bonds. The highest BCUT2D eigenvalue weighted by atomic mass is 35.5. The summed E-state index contributed by atoms with van der Waals surface area (Å²) in [4.78, 5) is 11.5. The van der Waals surface area contributed by atoms with E-state index >= 15 is 0 Å². The second-order valence-electron chi connectivity index (χ2n) is 2.90. The molecule has 2 unspecified atom stereocenters. The van der Waals surface area contributed by atoms with Crippen LogP contribution in [0.25, 0.3) is 0 Å². The average Bonchev–Trinajstić information content (AvgIpc) is 2.75. The molecule has 0 bridgehead atoms. The van der Waals surface area contributed by atoms with E-state index in [0.29, 0.717) is 10.4 Å². The summed E-state index contributed by atoms with van der Waals surface area (Å²) in [6, 6.07) is 1.48. The van der Waals surface area contributed by atoms with E-state index in [4.69, 9.17) is 11.6 Å². The number of alkyl halides is 1. The quantitative estimate of drug-likeness (QED) is 0.622. The summed E-state index contributed by atoms with van der Waals surface area (Å²) in [5, 5.41) is 20.5. The van der Waals surface area contributed by atoms with Crippen LogP contribution in [0.1, 0.15) is 21.3 Å². The normalized spacial score (nSPS) is 14.7. The Bertz CT molecular complexity index is 339. The number of carbonyl (C=O) groups excluding carboxylic acids is 1. The van der Waals surface area contributed by atoms with Gasteiger partial charge in [0.1, 0.15) is 11.0 Å². The molecule has 84 valence electrons. The SMILES string of the molecule is COC(=O)c1cc(C(O)C(O)CCl)cs1. The van der Waals surface area contributed by atoms with E-state index in [1.54, 1.807) is 5.38 Å². The summed E-state index contributed by atoms with van der Waals surface area (Å²) < 4.78 is 4.52. The van der Waals surface area contributed by atoms with Crippen LogP contribution in [0.15, 0.2) is 11.4 Å². The molecular weight excluding hydrogens is 240 g/mol. The fourth-order valence-corrected chi connectivity index (χ4v) is 2.04. The number of ether oxygens (including phenoxy) is 1. The minimum Gasteiger partial charge on any atom is -0.465 e. The predicted octanol–water partition coefficient (Wildman–Crippen LogP) is 1.17. The van der Waals surface area contributed by atoms with Crippen molar-refractivity contribution in [3.05, 3.63) is 21.9 Å². The maximum atomic E-state index is 11.1. The standard InChI is InChI=1S/C9H11ClO4S/c1-14-9(13)7-2-5(4-15-7)8(12)6(11)3-10/h2,4,6,8,11-12H,3H2,1H3. The number of esters is 1. The predicted molar refractivity (Wildman–Crippen MR) is 57.3 cm³/mol. The number of aliphatic hydroxyl groups is 2. The van der Waals surface area contributed by atoms with Crippen molar-refractivity contribution in [2.45, 2.75) is 12.2 Å². The zero-order valence-electron chi connectivity index (χ0n) is 8.01. The molecule has 6 heteroatoms. The molecule has 15 heavy (non-hydrogen) atoms. The molecule has 0 fully saturated rings. The summed E-state index contributed by atoms with van der Waals surface area (Å²) in [5.41, 5.74) is 0.466. The highest BCUT2D eigenvalue weighted by molar-refractivity contribution is 7.12. The maximum absolute atomic E-state index is 11.1. The summed E-state index contributed by atoms with van der Waals surface area (Å²) in [5.74, 6) is -0.524. The van der Waals surface area contributed by atoms with E-state index < -0.39 is 18.2 Å². The largest absolute Gasteiger partial charge is 0.465 e. The number of aliphatic hydroxyl groups excluding tert-OH is 2. The fraction of sp³-hybridized carbons (Fsp3) is 0.444. The molecule has 0 aliphatic rings. The van der Waals surface area contributed by atoms with Crippen LogP contribution in [-0.2, 0) is 4.74 Å². The van der Waals surface area contributed by atoms with Crippen molar-refractivity contribution in [3.63, 3.8) is 0 Å². The second-order valence-corrected chi connectivity index (χ2v) is 4.12. The smallest absolute Gasteiger partial charge is 0.348 e. The Morgan fingerprint density at radius 3 is 2.87 bits per heavy atom. The molecule has 2 N–H and O–H groups in total. The van der Waals surface area contributed by atoms with Crippen molar-refractivity contribution in [2.75, 3.05) is 13.0 Å². The van der Waals surface area contributed by atoms with Gasteiger partial charge in [-0.15, -0.1) is 22.9 Å². The molecule has 0 aromatic carbocycles. The molecule has 0 radical (unpaired) electrons. The average molecular weight is 251 g/mol. The minimum atomic E-state index is -1.07. The second kappa shape index (κ2) is 5.46. The van der Waals surface area contributed by atoms with Crippen LogP contribution in [0.2, 0.25) is 0 Å². The molecule has 1 aromatic heterocycles. The van der Waals surface area contributed by atoms with Crippen LogP contribution in [0.3, 0.4) is 0 Å². The Kier molecular flexibility index (Phi) is 4.53.